The second kappa shape index (κ2) is 6.75. The summed E-state index contributed by atoms with van der Waals surface area (Å²) in [6, 6.07) is 5.97. The molecule has 5 heteroatoms. The second-order valence-electron chi connectivity index (χ2n) is 4.57. The molecule has 1 aliphatic rings. The molecule has 1 aliphatic heterocycles. The van der Waals surface area contributed by atoms with Crippen LogP contribution < -0.4 is 9.47 Å². The van der Waals surface area contributed by atoms with Gasteiger partial charge in [0.25, 0.3) is 0 Å². The van der Waals surface area contributed by atoms with Crippen molar-refractivity contribution in [3.05, 3.63) is 23.8 Å². The zero-order chi connectivity index (χ0) is 13.7. The van der Waals surface area contributed by atoms with E-state index in [9.17, 15) is 5.11 Å². The molecule has 1 atom stereocenters. The van der Waals surface area contributed by atoms with Crippen molar-refractivity contribution in [2.75, 3.05) is 40.6 Å². The summed E-state index contributed by atoms with van der Waals surface area (Å²) in [4.78, 5) is 2.23. The number of rotatable bonds is 5. The van der Waals surface area contributed by atoms with Crippen LogP contribution in [0.25, 0.3) is 0 Å². The molecule has 1 aromatic rings. The normalized spacial score (nSPS) is 20.3. The maximum absolute atomic E-state index is 9.36. The number of hydrogen-bond donors (Lipinski definition) is 1. The molecule has 1 unspecified atom stereocenters. The van der Waals surface area contributed by atoms with E-state index in [2.05, 4.69) is 4.90 Å². The highest BCUT2D eigenvalue weighted by atomic mass is 16.5. The summed E-state index contributed by atoms with van der Waals surface area (Å²) in [6.07, 6.45) is 0. The van der Waals surface area contributed by atoms with Crippen LogP contribution in [0.3, 0.4) is 0 Å². The van der Waals surface area contributed by atoms with Crippen molar-refractivity contribution in [3.8, 4) is 11.5 Å². The molecule has 0 aromatic heterocycles. The number of morpholine rings is 1. The summed E-state index contributed by atoms with van der Waals surface area (Å²) < 4.78 is 15.9. The van der Waals surface area contributed by atoms with Crippen LogP contribution >= 0.6 is 0 Å². The van der Waals surface area contributed by atoms with E-state index >= 15 is 0 Å². The van der Waals surface area contributed by atoms with Crippen molar-refractivity contribution in [2.45, 2.75) is 12.6 Å². The zero-order valence-electron chi connectivity index (χ0n) is 11.5. The third-order valence-corrected chi connectivity index (χ3v) is 3.39. The standard InChI is InChI=1S/C14H21NO4/c1-17-13-4-3-11(7-14(13)18-2)8-15-5-6-19-10-12(15)9-16/h3-4,7,12,16H,5-6,8-10H2,1-2H3. The number of benzene rings is 1. The van der Waals surface area contributed by atoms with E-state index in [0.717, 1.165) is 30.2 Å². The average molecular weight is 267 g/mol. The summed E-state index contributed by atoms with van der Waals surface area (Å²) in [5.41, 5.74) is 1.14. The highest BCUT2D eigenvalue weighted by Gasteiger charge is 2.22. The van der Waals surface area contributed by atoms with E-state index in [4.69, 9.17) is 14.2 Å². The predicted octanol–water partition coefficient (Wildman–Crippen LogP) is 0.897. The van der Waals surface area contributed by atoms with Crippen molar-refractivity contribution < 1.29 is 19.3 Å². The molecular formula is C14H21NO4. The van der Waals surface area contributed by atoms with E-state index in [1.165, 1.54) is 0 Å². The molecule has 1 fully saturated rings. The van der Waals surface area contributed by atoms with Crippen LogP contribution in [-0.2, 0) is 11.3 Å². The topological polar surface area (TPSA) is 51.2 Å². The molecule has 0 radical (unpaired) electrons. The van der Waals surface area contributed by atoms with Gasteiger partial charge < -0.3 is 19.3 Å². The maximum atomic E-state index is 9.36. The minimum absolute atomic E-state index is 0.0712. The summed E-state index contributed by atoms with van der Waals surface area (Å²) in [5, 5.41) is 9.36. The highest BCUT2D eigenvalue weighted by Crippen LogP contribution is 2.28. The van der Waals surface area contributed by atoms with Crippen LogP contribution in [0.5, 0.6) is 11.5 Å². The van der Waals surface area contributed by atoms with Gasteiger partial charge in [0.2, 0.25) is 0 Å². The molecule has 2 rings (SSSR count). The van der Waals surface area contributed by atoms with Crippen molar-refractivity contribution in [2.24, 2.45) is 0 Å². The molecule has 0 saturated carbocycles. The largest absolute Gasteiger partial charge is 0.493 e. The fraction of sp³-hybridized carbons (Fsp3) is 0.571. The lowest BCUT2D eigenvalue weighted by atomic mass is 10.1. The Hall–Kier alpha value is -1.30. The molecule has 1 aromatic carbocycles. The van der Waals surface area contributed by atoms with Crippen molar-refractivity contribution in [3.63, 3.8) is 0 Å². The minimum Gasteiger partial charge on any atom is -0.493 e. The molecular weight excluding hydrogens is 246 g/mol. The molecule has 0 spiro atoms. The summed E-state index contributed by atoms with van der Waals surface area (Å²) in [6.45, 7) is 3.02. The lowest BCUT2D eigenvalue weighted by molar-refractivity contribution is -0.0312. The van der Waals surface area contributed by atoms with Crippen LogP contribution in [0, 0.1) is 0 Å². The van der Waals surface area contributed by atoms with E-state index < -0.39 is 0 Å². The Morgan fingerprint density at radius 3 is 2.79 bits per heavy atom. The van der Waals surface area contributed by atoms with Gasteiger partial charge in [0, 0.05) is 13.1 Å². The Bertz CT molecular complexity index is 410. The summed E-state index contributed by atoms with van der Waals surface area (Å²) in [7, 11) is 3.26. The Morgan fingerprint density at radius 2 is 2.11 bits per heavy atom. The van der Waals surface area contributed by atoms with Gasteiger partial charge in [0.15, 0.2) is 11.5 Å². The first-order chi connectivity index (χ1) is 9.28. The summed E-state index contributed by atoms with van der Waals surface area (Å²) >= 11 is 0. The van der Waals surface area contributed by atoms with Crippen LogP contribution in [-0.4, -0.2) is 56.6 Å². The monoisotopic (exact) mass is 267 g/mol. The van der Waals surface area contributed by atoms with Crippen molar-refractivity contribution >= 4 is 0 Å². The number of ether oxygens (including phenoxy) is 3. The molecule has 106 valence electrons. The van der Waals surface area contributed by atoms with Crippen LogP contribution in [0.15, 0.2) is 18.2 Å². The third-order valence-electron chi connectivity index (χ3n) is 3.39. The van der Waals surface area contributed by atoms with Crippen LogP contribution in [0.1, 0.15) is 5.56 Å². The molecule has 0 bridgehead atoms. The van der Waals surface area contributed by atoms with E-state index in [1.807, 2.05) is 18.2 Å². The molecule has 5 nitrogen and oxygen atoms in total. The molecule has 0 amide bonds. The Balaban J connectivity index is 2.09. The fourth-order valence-electron chi connectivity index (χ4n) is 2.28. The zero-order valence-corrected chi connectivity index (χ0v) is 11.5. The SMILES string of the molecule is COc1ccc(CN2CCOCC2CO)cc1OC. The highest BCUT2D eigenvalue weighted by molar-refractivity contribution is 5.42. The van der Waals surface area contributed by atoms with Gasteiger partial charge >= 0.3 is 0 Å². The van der Waals surface area contributed by atoms with E-state index in [-0.39, 0.29) is 12.6 Å². The van der Waals surface area contributed by atoms with Crippen LogP contribution in [0.4, 0.5) is 0 Å². The van der Waals surface area contributed by atoms with Gasteiger partial charge in [0.05, 0.1) is 40.1 Å². The number of nitrogens with zero attached hydrogens (tertiary/aromatic N) is 1. The number of aliphatic hydroxyl groups is 1. The van der Waals surface area contributed by atoms with E-state index in [0.29, 0.717) is 13.2 Å². The maximum Gasteiger partial charge on any atom is 0.161 e. The number of aliphatic hydroxyl groups excluding tert-OH is 1. The predicted molar refractivity (Wildman–Crippen MR) is 71.6 cm³/mol. The first kappa shape index (κ1) is 14.1. The van der Waals surface area contributed by atoms with Gasteiger partial charge in [-0.25, -0.2) is 0 Å². The molecule has 0 aliphatic carbocycles. The van der Waals surface area contributed by atoms with Gasteiger partial charge in [0.1, 0.15) is 0 Å². The van der Waals surface area contributed by atoms with Gasteiger partial charge in [-0.2, -0.15) is 0 Å². The first-order valence-corrected chi connectivity index (χ1v) is 6.42. The lowest BCUT2D eigenvalue weighted by Gasteiger charge is -2.34. The van der Waals surface area contributed by atoms with Crippen LogP contribution in [0.2, 0.25) is 0 Å². The number of hydrogen-bond acceptors (Lipinski definition) is 5. The smallest absolute Gasteiger partial charge is 0.161 e. The molecule has 1 saturated heterocycles. The number of methoxy groups -OCH3 is 2. The third kappa shape index (κ3) is 3.37. The van der Waals surface area contributed by atoms with Crippen molar-refractivity contribution in [1.29, 1.82) is 0 Å². The first-order valence-electron chi connectivity index (χ1n) is 6.42. The van der Waals surface area contributed by atoms with Gasteiger partial charge in [-0.3, -0.25) is 4.90 Å². The molecule has 1 heterocycles. The second-order valence-corrected chi connectivity index (χ2v) is 4.57. The summed E-state index contributed by atoms with van der Waals surface area (Å²) in [5.74, 6) is 1.46. The Labute approximate surface area is 113 Å². The fourth-order valence-corrected chi connectivity index (χ4v) is 2.28. The van der Waals surface area contributed by atoms with Gasteiger partial charge in [-0.15, -0.1) is 0 Å². The Kier molecular flexibility index (Phi) is 5.01. The minimum atomic E-state index is 0.0712. The van der Waals surface area contributed by atoms with Gasteiger partial charge in [-0.1, -0.05) is 6.07 Å². The van der Waals surface area contributed by atoms with E-state index in [1.54, 1.807) is 14.2 Å². The van der Waals surface area contributed by atoms with Crippen molar-refractivity contribution in [1.82, 2.24) is 4.90 Å². The molecule has 1 N–H and O–H groups in total. The Morgan fingerprint density at radius 1 is 1.32 bits per heavy atom. The van der Waals surface area contributed by atoms with Gasteiger partial charge in [-0.05, 0) is 17.7 Å². The molecule has 19 heavy (non-hydrogen) atoms. The quantitative estimate of drug-likeness (QED) is 0.859. The lowest BCUT2D eigenvalue weighted by Crippen LogP contribution is -2.46. The average Bonchev–Trinajstić information content (AvgIpc) is 2.47.